The Morgan fingerprint density at radius 2 is 2.15 bits per heavy atom. The van der Waals surface area contributed by atoms with Gasteiger partial charge in [0.25, 0.3) is 0 Å². The fourth-order valence-electron chi connectivity index (χ4n) is 3.43. The first-order valence-corrected chi connectivity index (χ1v) is 9.43. The van der Waals surface area contributed by atoms with Gasteiger partial charge in [-0.2, -0.15) is 0 Å². The predicted octanol–water partition coefficient (Wildman–Crippen LogP) is 3.61. The van der Waals surface area contributed by atoms with Gasteiger partial charge in [0.2, 0.25) is 0 Å². The Hall–Kier alpha value is -2.28. The number of aliphatic hydroxyl groups is 1. The molecule has 2 N–H and O–H groups in total. The van der Waals surface area contributed by atoms with E-state index in [0.29, 0.717) is 23.2 Å². The van der Waals surface area contributed by atoms with Crippen molar-refractivity contribution in [3.05, 3.63) is 52.4 Å². The van der Waals surface area contributed by atoms with Gasteiger partial charge < -0.3 is 10.4 Å². The normalized spacial score (nSPS) is 17.6. The number of benzene rings is 1. The highest BCUT2D eigenvalue weighted by Crippen LogP contribution is 2.28. The molecule has 1 aromatic carbocycles. The van der Waals surface area contributed by atoms with Crippen LogP contribution in [0.2, 0.25) is 5.02 Å². The zero-order valence-corrected chi connectivity index (χ0v) is 16.2. The number of aryl methyl sites for hydroxylation is 1. The Kier molecular flexibility index (Phi) is 4.95. The Labute approximate surface area is 163 Å². The lowest BCUT2D eigenvalue weighted by molar-refractivity contribution is 0.175. The Balaban J connectivity index is 1.66. The molecule has 7 heteroatoms. The first-order chi connectivity index (χ1) is 13.0. The standard InChI is InChI=1S/C20H22ClN5O/c1-12-16(21)4-3-5-17(12)25-20-19-18(23-13(2)24-20)8-14(9-22-19)10-26-7-6-15(27)11-26/h3-5,8-9,15,27H,6-7,10-11H2,1-2H3,(H,23,24,25). The number of pyridine rings is 1. The lowest BCUT2D eigenvalue weighted by Gasteiger charge is -2.16. The number of rotatable bonds is 4. The van der Waals surface area contributed by atoms with Gasteiger partial charge in [0.05, 0.1) is 11.6 Å². The number of β-amino-alcohol motifs (C(OH)–C–C–N with tert-alkyl or cyclic N) is 1. The quantitative estimate of drug-likeness (QED) is 0.717. The maximum Gasteiger partial charge on any atom is 0.160 e. The van der Waals surface area contributed by atoms with Crippen LogP contribution in [0.25, 0.3) is 11.0 Å². The highest BCUT2D eigenvalue weighted by atomic mass is 35.5. The number of hydrogen-bond acceptors (Lipinski definition) is 6. The van der Waals surface area contributed by atoms with Crippen LogP contribution in [0.4, 0.5) is 11.5 Å². The third-order valence-electron chi connectivity index (χ3n) is 4.88. The smallest absolute Gasteiger partial charge is 0.160 e. The summed E-state index contributed by atoms with van der Waals surface area (Å²) in [5.74, 6) is 1.35. The summed E-state index contributed by atoms with van der Waals surface area (Å²) < 4.78 is 0. The van der Waals surface area contributed by atoms with E-state index in [0.717, 1.165) is 47.4 Å². The van der Waals surface area contributed by atoms with E-state index in [1.807, 2.05) is 38.2 Å². The number of anilines is 2. The summed E-state index contributed by atoms with van der Waals surface area (Å²) in [5.41, 5.74) is 4.48. The zero-order chi connectivity index (χ0) is 19.0. The zero-order valence-electron chi connectivity index (χ0n) is 15.4. The van der Waals surface area contributed by atoms with Gasteiger partial charge >= 0.3 is 0 Å². The average molecular weight is 384 g/mol. The number of aliphatic hydroxyl groups excluding tert-OH is 1. The molecule has 1 aliphatic heterocycles. The van der Waals surface area contributed by atoms with E-state index >= 15 is 0 Å². The maximum atomic E-state index is 9.71. The topological polar surface area (TPSA) is 74.2 Å². The van der Waals surface area contributed by atoms with Crippen molar-refractivity contribution in [3.63, 3.8) is 0 Å². The lowest BCUT2D eigenvalue weighted by atomic mass is 10.2. The van der Waals surface area contributed by atoms with Gasteiger partial charge in [-0.05, 0) is 49.6 Å². The van der Waals surface area contributed by atoms with Crippen molar-refractivity contribution in [3.8, 4) is 0 Å². The fourth-order valence-corrected chi connectivity index (χ4v) is 3.61. The van der Waals surface area contributed by atoms with E-state index in [1.165, 1.54) is 0 Å². The molecule has 1 unspecified atom stereocenters. The molecule has 0 bridgehead atoms. The van der Waals surface area contributed by atoms with Crippen LogP contribution < -0.4 is 5.32 Å². The van der Waals surface area contributed by atoms with Crippen LogP contribution in [-0.2, 0) is 6.54 Å². The number of aromatic nitrogens is 3. The maximum absolute atomic E-state index is 9.71. The molecule has 3 aromatic rings. The summed E-state index contributed by atoms with van der Waals surface area (Å²) in [5, 5.41) is 13.8. The van der Waals surface area contributed by atoms with Gasteiger partial charge in [-0.3, -0.25) is 9.88 Å². The summed E-state index contributed by atoms with van der Waals surface area (Å²) in [4.78, 5) is 16.0. The molecular weight excluding hydrogens is 362 g/mol. The summed E-state index contributed by atoms with van der Waals surface area (Å²) >= 11 is 6.23. The van der Waals surface area contributed by atoms with Crippen LogP contribution in [-0.4, -0.2) is 44.2 Å². The number of likely N-dealkylation sites (tertiary alicyclic amines) is 1. The van der Waals surface area contributed by atoms with Crippen LogP contribution in [0.5, 0.6) is 0 Å². The van der Waals surface area contributed by atoms with Crippen molar-refractivity contribution < 1.29 is 5.11 Å². The van der Waals surface area contributed by atoms with Gasteiger partial charge in [0.1, 0.15) is 11.3 Å². The first-order valence-electron chi connectivity index (χ1n) is 9.05. The molecule has 6 nitrogen and oxygen atoms in total. The molecule has 1 saturated heterocycles. The molecule has 1 aliphatic rings. The van der Waals surface area contributed by atoms with Crippen molar-refractivity contribution in [1.29, 1.82) is 0 Å². The molecule has 4 rings (SSSR count). The molecule has 0 aliphatic carbocycles. The highest BCUT2D eigenvalue weighted by molar-refractivity contribution is 6.31. The molecule has 2 aromatic heterocycles. The molecule has 0 radical (unpaired) electrons. The Morgan fingerprint density at radius 3 is 2.93 bits per heavy atom. The van der Waals surface area contributed by atoms with E-state index in [4.69, 9.17) is 11.6 Å². The SMILES string of the molecule is Cc1nc(Nc2cccc(Cl)c2C)c2ncc(CN3CCC(O)C3)cc2n1. The van der Waals surface area contributed by atoms with Crippen molar-refractivity contribution in [1.82, 2.24) is 19.9 Å². The van der Waals surface area contributed by atoms with Crippen LogP contribution in [0.1, 0.15) is 23.4 Å². The second-order valence-electron chi connectivity index (χ2n) is 7.05. The highest BCUT2D eigenvalue weighted by Gasteiger charge is 2.20. The number of nitrogens with one attached hydrogen (secondary N) is 1. The number of halogens is 1. The summed E-state index contributed by atoms with van der Waals surface area (Å²) in [7, 11) is 0. The minimum absolute atomic E-state index is 0.222. The van der Waals surface area contributed by atoms with E-state index in [9.17, 15) is 5.11 Å². The molecule has 0 amide bonds. The fraction of sp³-hybridized carbons (Fsp3) is 0.350. The molecule has 1 fully saturated rings. The largest absolute Gasteiger partial charge is 0.392 e. The third kappa shape index (κ3) is 3.88. The van der Waals surface area contributed by atoms with E-state index in [1.54, 1.807) is 0 Å². The molecule has 140 valence electrons. The summed E-state index contributed by atoms with van der Waals surface area (Å²) in [6.45, 7) is 6.22. The van der Waals surface area contributed by atoms with E-state index in [-0.39, 0.29) is 6.10 Å². The second-order valence-corrected chi connectivity index (χ2v) is 7.45. The van der Waals surface area contributed by atoms with Crippen molar-refractivity contribution >= 4 is 34.1 Å². The lowest BCUT2D eigenvalue weighted by Crippen LogP contribution is -2.21. The second kappa shape index (κ2) is 7.38. The Bertz CT molecular complexity index is 994. The van der Waals surface area contributed by atoms with Crippen LogP contribution in [0.15, 0.2) is 30.5 Å². The number of nitrogens with zero attached hydrogens (tertiary/aromatic N) is 4. The van der Waals surface area contributed by atoms with Crippen molar-refractivity contribution in [2.45, 2.75) is 32.9 Å². The molecule has 3 heterocycles. The summed E-state index contributed by atoms with van der Waals surface area (Å²) in [6.07, 6.45) is 2.47. The van der Waals surface area contributed by atoms with Gasteiger partial charge in [-0.25, -0.2) is 9.97 Å². The molecule has 27 heavy (non-hydrogen) atoms. The number of fused-ring (bicyclic) bond motifs is 1. The van der Waals surface area contributed by atoms with Gasteiger partial charge in [0, 0.05) is 36.5 Å². The monoisotopic (exact) mass is 383 g/mol. The van der Waals surface area contributed by atoms with E-state index in [2.05, 4.69) is 31.2 Å². The van der Waals surface area contributed by atoms with E-state index < -0.39 is 0 Å². The van der Waals surface area contributed by atoms with Crippen molar-refractivity contribution in [2.24, 2.45) is 0 Å². The Morgan fingerprint density at radius 1 is 1.30 bits per heavy atom. The minimum atomic E-state index is -0.222. The summed E-state index contributed by atoms with van der Waals surface area (Å²) in [6, 6.07) is 7.80. The van der Waals surface area contributed by atoms with Crippen molar-refractivity contribution in [2.75, 3.05) is 18.4 Å². The third-order valence-corrected chi connectivity index (χ3v) is 5.29. The van der Waals surface area contributed by atoms with Gasteiger partial charge in [-0.1, -0.05) is 17.7 Å². The minimum Gasteiger partial charge on any atom is -0.392 e. The molecule has 0 saturated carbocycles. The number of hydrogen-bond donors (Lipinski definition) is 2. The van der Waals surface area contributed by atoms with Gasteiger partial charge in [0.15, 0.2) is 5.82 Å². The van der Waals surface area contributed by atoms with Crippen LogP contribution >= 0.6 is 11.6 Å². The molecular formula is C20H22ClN5O. The average Bonchev–Trinajstić information content (AvgIpc) is 3.03. The van der Waals surface area contributed by atoms with Crippen LogP contribution in [0.3, 0.4) is 0 Å². The predicted molar refractivity (Wildman–Crippen MR) is 107 cm³/mol. The van der Waals surface area contributed by atoms with Crippen LogP contribution in [0, 0.1) is 13.8 Å². The van der Waals surface area contributed by atoms with Gasteiger partial charge in [-0.15, -0.1) is 0 Å². The molecule has 0 spiro atoms. The molecule has 1 atom stereocenters. The first kappa shape index (κ1) is 18.1.